The van der Waals surface area contributed by atoms with Crippen LogP contribution < -0.4 is 5.73 Å². The minimum Gasteiger partial charge on any atom is -0.465 e. The van der Waals surface area contributed by atoms with Gasteiger partial charge in [0.05, 0.1) is 24.5 Å². The lowest BCUT2D eigenvalue weighted by molar-refractivity contribution is -0.146. The summed E-state index contributed by atoms with van der Waals surface area (Å²) in [5.41, 5.74) is 6.56. The first-order valence-corrected chi connectivity index (χ1v) is 10.1. The van der Waals surface area contributed by atoms with Gasteiger partial charge in [-0.3, -0.25) is 0 Å². The van der Waals surface area contributed by atoms with Gasteiger partial charge in [-0.15, -0.1) is 0 Å². The predicted molar refractivity (Wildman–Crippen MR) is 121 cm³/mol. The largest absolute Gasteiger partial charge is 0.465 e. The van der Waals surface area contributed by atoms with Gasteiger partial charge in [0.2, 0.25) is 0 Å². The van der Waals surface area contributed by atoms with Gasteiger partial charge in [-0.2, -0.15) is 9.78 Å². The number of nitrogens with two attached hydrogens (primary N) is 1. The third kappa shape index (κ3) is 5.57. The molecule has 0 aliphatic carbocycles. The zero-order valence-electron chi connectivity index (χ0n) is 18.8. The number of rotatable bonds is 5. The van der Waals surface area contributed by atoms with E-state index in [2.05, 4.69) is 5.10 Å². The van der Waals surface area contributed by atoms with Gasteiger partial charge in [0.25, 0.3) is 0 Å². The molecule has 172 valence electrons. The third-order valence-corrected chi connectivity index (χ3v) is 4.52. The zero-order valence-corrected chi connectivity index (χ0v) is 18.8. The Bertz CT molecular complexity index is 1220. The van der Waals surface area contributed by atoms with Crippen LogP contribution in [-0.2, 0) is 30.4 Å². The molecule has 3 rings (SSSR count). The van der Waals surface area contributed by atoms with Gasteiger partial charge in [0.1, 0.15) is 12.2 Å². The highest BCUT2D eigenvalue weighted by Gasteiger charge is 2.26. The lowest BCUT2D eigenvalue weighted by atomic mass is 10.0. The number of hydrogen-bond acceptors (Lipinski definition) is 8. The number of methoxy groups -OCH3 is 1. The Morgan fingerprint density at radius 1 is 1.03 bits per heavy atom. The minimum absolute atomic E-state index is 0.0326. The quantitative estimate of drug-likeness (QED) is 0.206. The smallest absolute Gasteiger partial charge is 0.435 e. The van der Waals surface area contributed by atoms with Crippen molar-refractivity contribution in [1.29, 1.82) is 0 Å². The minimum atomic E-state index is -0.921. The number of carbonyl (C=O) groups is 3. The van der Waals surface area contributed by atoms with E-state index in [1.54, 1.807) is 63.2 Å². The number of aromatic nitrogens is 2. The van der Waals surface area contributed by atoms with E-state index in [0.29, 0.717) is 16.5 Å². The summed E-state index contributed by atoms with van der Waals surface area (Å²) in [6.45, 7) is 5.23. The molecule has 0 atom stereocenters. The van der Waals surface area contributed by atoms with Gasteiger partial charge in [-0.1, -0.05) is 36.4 Å². The fourth-order valence-electron chi connectivity index (χ4n) is 3.00. The third-order valence-electron chi connectivity index (χ3n) is 4.52. The van der Waals surface area contributed by atoms with Crippen molar-refractivity contribution in [3.63, 3.8) is 0 Å². The number of carbonyl (C=O) groups excluding carboxylic acids is 3. The number of nitrogens with zero attached hydrogens (tertiary/aromatic N) is 2. The molecule has 0 saturated carbocycles. The Morgan fingerprint density at radius 3 is 2.36 bits per heavy atom. The fraction of sp³-hybridized carbons (Fsp3) is 0.250. The van der Waals surface area contributed by atoms with E-state index >= 15 is 0 Å². The van der Waals surface area contributed by atoms with Crippen molar-refractivity contribution < 1.29 is 28.6 Å². The molecule has 0 aliphatic heterocycles. The van der Waals surface area contributed by atoms with E-state index in [0.717, 1.165) is 17.4 Å². The van der Waals surface area contributed by atoms with Crippen molar-refractivity contribution in [2.45, 2.75) is 33.0 Å². The molecule has 1 heterocycles. The molecule has 9 heteroatoms. The molecule has 3 aromatic rings. The monoisotopic (exact) mass is 451 g/mol. The second-order valence-electron chi connectivity index (χ2n) is 8.15. The second-order valence-corrected chi connectivity index (χ2v) is 8.15. The molecule has 1 aromatic heterocycles. The molecule has 0 bridgehead atoms. The maximum absolute atomic E-state index is 12.7. The van der Waals surface area contributed by atoms with Crippen molar-refractivity contribution in [3.05, 3.63) is 71.4 Å². The summed E-state index contributed by atoms with van der Waals surface area (Å²) in [7, 11) is 1.15. The summed E-state index contributed by atoms with van der Waals surface area (Å²) in [5, 5.41) is 4.63. The normalized spacial score (nSPS) is 12.1. The predicted octanol–water partition coefficient (Wildman–Crippen LogP) is 3.41. The molecule has 0 saturated heterocycles. The Morgan fingerprint density at radius 2 is 1.73 bits per heavy atom. The fourth-order valence-corrected chi connectivity index (χ4v) is 3.00. The maximum atomic E-state index is 12.7. The highest BCUT2D eigenvalue weighted by atomic mass is 16.6. The van der Waals surface area contributed by atoms with E-state index in [1.165, 1.54) is 6.20 Å². The Balaban J connectivity index is 1.92. The number of hydrogen-bond donors (Lipinski definition) is 1. The van der Waals surface area contributed by atoms with Gasteiger partial charge in [0.15, 0.2) is 5.57 Å². The lowest BCUT2D eigenvalue weighted by Gasteiger charge is -2.19. The van der Waals surface area contributed by atoms with Crippen LogP contribution in [0.4, 0.5) is 4.79 Å². The molecule has 0 spiro atoms. The van der Waals surface area contributed by atoms with Crippen LogP contribution in [0.15, 0.2) is 60.3 Å². The van der Waals surface area contributed by atoms with Crippen molar-refractivity contribution >= 4 is 34.6 Å². The van der Waals surface area contributed by atoms with E-state index in [9.17, 15) is 14.4 Å². The van der Waals surface area contributed by atoms with Crippen LogP contribution in [0.3, 0.4) is 0 Å². The Labute approximate surface area is 190 Å². The number of esters is 2. The Hall–Kier alpha value is -4.14. The lowest BCUT2D eigenvalue weighted by Crippen LogP contribution is -2.27. The van der Waals surface area contributed by atoms with E-state index in [4.69, 9.17) is 19.9 Å². The van der Waals surface area contributed by atoms with Crippen molar-refractivity contribution in [3.8, 4) is 0 Å². The molecular formula is C24H25N3O6. The van der Waals surface area contributed by atoms with Crippen LogP contribution in [0, 0.1) is 0 Å². The van der Waals surface area contributed by atoms with Crippen LogP contribution in [0.2, 0.25) is 0 Å². The summed E-state index contributed by atoms with van der Waals surface area (Å²) in [6.07, 6.45) is 0.829. The Kier molecular flexibility index (Phi) is 6.81. The molecule has 33 heavy (non-hydrogen) atoms. The number of fused-ring (bicyclic) bond motifs is 1. The second kappa shape index (κ2) is 9.56. The average Bonchev–Trinajstić information content (AvgIpc) is 3.20. The first-order chi connectivity index (χ1) is 15.6. The van der Waals surface area contributed by atoms with Gasteiger partial charge in [-0.05, 0) is 44.0 Å². The van der Waals surface area contributed by atoms with Gasteiger partial charge < -0.3 is 19.9 Å². The molecule has 2 aromatic carbocycles. The standard InChI is InChI=1S/C24H25N3O6/c1-24(2,3)33-23(30)27-18-11-10-16(12-17(18)13-26-27)20(25)19(21(28)31-4)22(29)32-14-15-8-6-5-7-9-15/h5-13H,14,25H2,1-4H3. The van der Waals surface area contributed by atoms with Gasteiger partial charge in [-0.25, -0.2) is 14.4 Å². The molecule has 2 N–H and O–H groups in total. The molecule has 0 radical (unpaired) electrons. The van der Waals surface area contributed by atoms with Crippen LogP contribution in [0.25, 0.3) is 16.6 Å². The first-order valence-electron chi connectivity index (χ1n) is 10.1. The molecule has 9 nitrogen and oxygen atoms in total. The van der Waals surface area contributed by atoms with E-state index in [1.807, 2.05) is 6.07 Å². The first kappa shape index (κ1) is 23.5. The van der Waals surface area contributed by atoms with Crippen LogP contribution in [0.1, 0.15) is 31.9 Å². The van der Waals surface area contributed by atoms with Crippen LogP contribution in [0.5, 0.6) is 0 Å². The topological polar surface area (TPSA) is 123 Å². The van der Waals surface area contributed by atoms with Crippen LogP contribution in [-0.4, -0.2) is 40.5 Å². The molecular weight excluding hydrogens is 426 g/mol. The highest BCUT2D eigenvalue weighted by Crippen LogP contribution is 2.23. The summed E-state index contributed by atoms with van der Waals surface area (Å²) in [6, 6.07) is 13.8. The van der Waals surface area contributed by atoms with E-state index < -0.39 is 29.2 Å². The molecule has 0 aliphatic rings. The number of ether oxygens (including phenoxy) is 3. The van der Waals surface area contributed by atoms with Crippen molar-refractivity contribution in [1.82, 2.24) is 9.78 Å². The highest BCUT2D eigenvalue weighted by molar-refractivity contribution is 6.19. The molecule has 0 fully saturated rings. The summed E-state index contributed by atoms with van der Waals surface area (Å²) in [5.74, 6) is -1.83. The zero-order chi connectivity index (χ0) is 24.2. The molecule has 0 amide bonds. The summed E-state index contributed by atoms with van der Waals surface area (Å²) < 4.78 is 16.5. The van der Waals surface area contributed by atoms with Crippen LogP contribution >= 0.6 is 0 Å². The maximum Gasteiger partial charge on any atom is 0.435 e. The van der Waals surface area contributed by atoms with Gasteiger partial charge in [0, 0.05) is 5.39 Å². The van der Waals surface area contributed by atoms with Gasteiger partial charge >= 0.3 is 18.0 Å². The average molecular weight is 451 g/mol. The van der Waals surface area contributed by atoms with Crippen molar-refractivity contribution in [2.75, 3.05) is 7.11 Å². The summed E-state index contributed by atoms with van der Waals surface area (Å²) >= 11 is 0. The molecule has 0 unspecified atom stereocenters. The number of benzene rings is 2. The summed E-state index contributed by atoms with van der Waals surface area (Å²) in [4.78, 5) is 37.4. The SMILES string of the molecule is COC(=O)C(C(=O)OCc1ccccc1)=C(N)c1ccc2c(cnn2C(=O)OC(C)(C)C)c1. The van der Waals surface area contributed by atoms with Crippen molar-refractivity contribution in [2.24, 2.45) is 5.73 Å². The van der Waals surface area contributed by atoms with E-state index in [-0.39, 0.29) is 12.3 Å².